The number of nitrogens with one attached hydrogen (secondary N) is 1. The van der Waals surface area contributed by atoms with Gasteiger partial charge in [0, 0.05) is 11.4 Å². The molecule has 120 valence electrons. The Bertz CT molecular complexity index is 699. The van der Waals surface area contributed by atoms with Gasteiger partial charge in [0.1, 0.15) is 11.6 Å². The summed E-state index contributed by atoms with van der Waals surface area (Å²) >= 11 is 1.79. The minimum absolute atomic E-state index is 0.326. The number of aryl methyl sites for hydroxylation is 1. The summed E-state index contributed by atoms with van der Waals surface area (Å²) in [6.07, 6.45) is 2.52. The van der Waals surface area contributed by atoms with Crippen LogP contribution in [0.15, 0.2) is 17.5 Å². The van der Waals surface area contributed by atoms with Crippen LogP contribution in [0.5, 0.6) is 0 Å². The van der Waals surface area contributed by atoms with Crippen molar-refractivity contribution >= 4 is 17.2 Å². The van der Waals surface area contributed by atoms with Gasteiger partial charge in [0.15, 0.2) is 5.82 Å². The van der Waals surface area contributed by atoms with Crippen molar-refractivity contribution in [1.29, 1.82) is 5.26 Å². The molecule has 3 heterocycles. The van der Waals surface area contributed by atoms with Crippen LogP contribution in [0.3, 0.4) is 0 Å². The lowest BCUT2D eigenvalue weighted by atomic mass is 10.1. The molecule has 2 aromatic heterocycles. The predicted molar refractivity (Wildman–Crippen MR) is 92.6 cm³/mol. The van der Waals surface area contributed by atoms with Gasteiger partial charge < -0.3 is 5.32 Å². The Balaban J connectivity index is 1.80. The molecule has 0 spiro atoms. The number of nitrogens with zero attached hydrogens (tertiary/aromatic N) is 4. The number of rotatable bonds is 5. The molecule has 5 nitrogen and oxygen atoms in total. The molecular formula is C17H21N5S. The minimum atomic E-state index is 0.326. The second-order valence-electron chi connectivity index (χ2n) is 5.90. The molecule has 1 fully saturated rings. The van der Waals surface area contributed by atoms with Crippen LogP contribution in [0.2, 0.25) is 0 Å². The maximum atomic E-state index is 9.42. The van der Waals surface area contributed by atoms with Crippen molar-refractivity contribution in [2.24, 2.45) is 0 Å². The first-order valence-corrected chi connectivity index (χ1v) is 8.84. The van der Waals surface area contributed by atoms with Crippen LogP contribution in [0, 0.1) is 25.2 Å². The molecular weight excluding hydrogens is 306 g/mol. The Labute approximate surface area is 141 Å². The van der Waals surface area contributed by atoms with Gasteiger partial charge in [-0.15, -0.1) is 16.4 Å². The van der Waals surface area contributed by atoms with E-state index in [4.69, 9.17) is 0 Å². The first kappa shape index (κ1) is 15.9. The summed E-state index contributed by atoms with van der Waals surface area (Å²) < 4.78 is 0. The van der Waals surface area contributed by atoms with Crippen LogP contribution in [0.25, 0.3) is 0 Å². The number of likely N-dealkylation sites (tertiary alicyclic amines) is 1. The first-order valence-electron chi connectivity index (χ1n) is 7.96. The quantitative estimate of drug-likeness (QED) is 0.913. The fourth-order valence-electron chi connectivity index (χ4n) is 3.01. The molecule has 1 atom stereocenters. The van der Waals surface area contributed by atoms with Crippen molar-refractivity contribution in [1.82, 2.24) is 15.1 Å². The first-order chi connectivity index (χ1) is 11.2. The summed E-state index contributed by atoms with van der Waals surface area (Å²) in [7, 11) is 0. The van der Waals surface area contributed by atoms with E-state index in [1.807, 2.05) is 13.8 Å². The molecule has 1 saturated heterocycles. The molecule has 0 saturated carbocycles. The molecule has 0 amide bonds. The molecule has 0 radical (unpaired) electrons. The zero-order chi connectivity index (χ0) is 16.2. The zero-order valence-corrected chi connectivity index (χ0v) is 14.4. The lowest BCUT2D eigenvalue weighted by molar-refractivity contribution is 0.259. The Morgan fingerprint density at radius 1 is 1.35 bits per heavy atom. The normalized spacial score (nSPS) is 16.2. The van der Waals surface area contributed by atoms with Gasteiger partial charge in [-0.3, -0.25) is 4.90 Å². The van der Waals surface area contributed by atoms with Crippen LogP contribution < -0.4 is 5.32 Å². The van der Waals surface area contributed by atoms with Crippen molar-refractivity contribution in [3.63, 3.8) is 0 Å². The van der Waals surface area contributed by atoms with Crippen LogP contribution >= 0.6 is 11.3 Å². The lowest BCUT2D eigenvalue weighted by Crippen LogP contribution is -2.30. The van der Waals surface area contributed by atoms with Crippen LogP contribution in [0.1, 0.15) is 40.6 Å². The fraction of sp³-hybridized carbons (Fsp3) is 0.471. The second-order valence-corrected chi connectivity index (χ2v) is 6.88. The van der Waals surface area contributed by atoms with E-state index in [1.54, 1.807) is 11.3 Å². The molecule has 1 aliphatic heterocycles. The third-order valence-electron chi connectivity index (χ3n) is 4.48. The van der Waals surface area contributed by atoms with E-state index in [1.165, 1.54) is 17.7 Å². The van der Waals surface area contributed by atoms with Gasteiger partial charge in [-0.25, -0.2) is 0 Å². The third-order valence-corrected chi connectivity index (χ3v) is 5.46. The molecule has 23 heavy (non-hydrogen) atoms. The summed E-state index contributed by atoms with van der Waals surface area (Å²) in [6.45, 7) is 6.81. The van der Waals surface area contributed by atoms with Crippen LogP contribution in [-0.4, -0.2) is 34.7 Å². The molecule has 1 aliphatic rings. The van der Waals surface area contributed by atoms with Crippen LogP contribution in [-0.2, 0) is 0 Å². The number of thiophene rings is 1. The van der Waals surface area contributed by atoms with Gasteiger partial charge in [-0.2, -0.15) is 10.4 Å². The zero-order valence-electron chi connectivity index (χ0n) is 13.5. The highest BCUT2D eigenvalue weighted by Gasteiger charge is 2.24. The van der Waals surface area contributed by atoms with Crippen molar-refractivity contribution in [2.45, 2.75) is 32.7 Å². The summed E-state index contributed by atoms with van der Waals surface area (Å²) in [5, 5.41) is 23.2. The number of aromatic nitrogens is 2. The Morgan fingerprint density at radius 3 is 2.78 bits per heavy atom. The summed E-state index contributed by atoms with van der Waals surface area (Å²) in [5.74, 6) is 0.594. The predicted octanol–water partition coefficient (Wildman–Crippen LogP) is 3.28. The van der Waals surface area contributed by atoms with Gasteiger partial charge in [-0.05, 0) is 56.8 Å². The molecule has 0 unspecified atom stereocenters. The SMILES string of the molecule is Cc1nnc(NC[C@H](c2cccs2)N2CCCC2)c(C#N)c1C. The molecule has 0 aliphatic carbocycles. The van der Waals surface area contributed by atoms with Gasteiger partial charge in [-0.1, -0.05) is 6.07 Å². The highest BCUT2D eigenvalue weighted by atomic mass is 32.1. The van der Waals surface area contributed by atoms with E-state index in [2.05, 4.69) is 44.0 Å². The van der Waals surface area contributed by atoms with Crippen molar-refractivity contribution in [3.8, 4) is 6.07 Å². The van der Waals surface area contributed by atoms with E-state index in [0.717, 1.165) is 30.9 Å². The highest BCUT2D eigenvalue weighted by molar-refractivity contribution is 7.10. The molecule has 6 heteroatoms. The number of hydrogen-bond acceptors (Lipinski definition) is 6. The summed E-state index contributed by atoms with van der Waals surface area (Å²) in [5.41, 5.74) is 2.31. The van der Waals surface area contributed by atoms with Crippen molar-refractivity contribution < 1.29 is 0 Å². The van der Waals surface area contributed by atoms with E-state index in [-0.39, 0.29) is 0 Å². The number of anilines is 1. The van der Waals surface area contributed by atoms with Gasteiger partial charge in [0.2, 0.25) is 0 Å². The van der Waals surface area contributed by atoms with Crippen molar-refractivity contribution in [2.75, 3.05) is 25.0 Å². The monoisotopic (exact) mass is 327 g/mol. The highest BCUT2D eigenvalue weighted by Crippen LogP contribution is 2.29. The Kier molecular flexibility index (Phi) is 4.89. The number of hydrogen-bond donors (Lipinski definition) is 1. The maximum absolute atomic E-state index is 9.42. The summed E-state index contributed by atoms with van der Waals surface area (Å²) in [4.78, 5) is 3.87. The topological polar surface area (TPSA) is 64.8 Å². The molecule has 0 bridgehead atoms. The Hall–Kier alpha value is -1.97. The van der Waals surface area contributed by atoms with E-state index in [0.29, 0.717) is 17.4 Å². The minimum Gasteiger partial charge on any atom is -0.366 e. The summed E-state index contributed by atoms with van der Waals surface area (Å²) in [6, 6.07) is 6.87. The average Bonchev–Trinajstić information content (AvgIpc) is 3.25. The third kappa shape index (κ3) is 3.36. The largest absolute Gasteiger partial charge is 0.366 e. The number of nitriles is 1. The lowest BCUT2D eigenvalue weighted by Gasteiger charge is -2.27. The van der Waals surface area contributed by atoms with Gasteiger partial charge >= 0.3 is 0 Å². The molecule has 2 aromatic rings. The molecule has 3 rings (SSSR count). The average molecular weight is 327 g/mol. The van der Waals surface area contributed by atoms with E-state index >= 15 is 0 Å². The van der Waals surface area contributed by atoms with Crippen molar-refractivity contribution in [3.05, 3.63) is 39.2 Å². The van der Waals surface area contributed by atoms with Gasteiger partial charge in [0.25, 0.3) is 0 Å². The maximum Gasteiger partial charge on any atom is 0.167 e. The fourth-order valence-corrected chi connectivity index (χ4v) is 3.87. The van der Waals surface area contributed by atoms with E-state index in [9.17, 15) is 5.26 Å². The molecule has 1 N–H and O–H groups in total. The van der Waals surface area contributed by atoms with Crippen LogP contribution in [0.4, 0.5) is 5.82 Å². The Morgan fingerprint density at radius 2 is 2.13 bits per heavy atom. The second kappa shape index (κ2) is 7.07. The van der Waals surface area contributed by atoms with Gasteiger partial charge in [0.05, 0.1) is 11.7 Å². The molecule has 0 aromatic carbocycles. The smallest absolute Gasteiger partial charge is 0.167 e. The van der Waals surface area contributed by atoms with E-state index < -0.39 is 0 Å². The standard InChI is InChI=1S/C17H21N5S/c1-12-13(2)20-21-17(14(12)10-18)19-11-15(16-6-5-9-23-16)22-7-3-4-8-22/h5-6,9,15H,3-4,7-8,11H2,1-2H3,(H,19,21)/t15-/m1/s1.